The van der Waals surface area contributed by atoms with Gasteiger partial charge in [-0.25, -0.2) is 4.98 Å². The van der Waals surface area contributed by atoms with Gasteiger partial charge in [0.25, 0.3) is 0 Å². The largest absolute Gasteiger partial charge is 0.573 e. The van der Waals surface area contributed by atoms with Crippen LogP contribution in [0.2, 0.25) is 0 Å². The van der Waals surface area contributed by atoms with Crippen molar-refractivity contribution >= 4 is 0 Å². The van der Waals surface area contributed by atoms with Crippen molar-refractivity contribution in [3.63, 3.8) is 0 Å². The smallest absolute Gasteiger partial charge is 0.406 e. The second-order valence-electron chi connectivity index (χ2n) is 3.61. The number of imidazole rings is 1. The van der Waals surface area contributed by atoms with Crippen LogP contribution in [0.4, 0.5) is 13.2 Å². The van der Waals surface area contributed by atoms with Gasteiger partial charge in [-0.1, -0.05) is 13.0 Å². The maximum atomic E-state index is 12.1. The van der Waals surface area contributed by atoms with E-state index in [-0.39, 0.29) is 5.75 Å². The number of hydrogen-bond donors (Lipinski definition) is 0. The van der Waals surface area contributed by atoms with E-state index >= 15 is 0 Å². The molecule has 0 bridgehead atoms. The molecular formula is C12H11F3N2O. The fraction of sp³-hybridized carbons (Fsp3) is 0.250. The molecule has 0 amide bonds. The fourth-order valence-corrected chi connectivity index (χ4v) is 1.66. The van der Waals surface area contributed by atoms with E-state index < -0.39 is 6.36 Å². The lowest BCUT2D eigenvalue weighted by Crippen LogP contribution is -2.17. The summed E-state index contributed by atoms with van der Waals surface area (Å²) in [7, 11) is 0. The quantitative estimate of drug-likeness (QED) is 0.842. The first kappa shape index (κ1) is 12.5. The van der Waals surface area contributed by atoms with Gasteiger partial charge >= 0.3 is 6.36 Å². The van der Waals surface area contributed by atoms with Crippen molar-refractivity contribution in [2.75, 3.05) is 0 Å². The van der Waals surface area contributed by atoms with Crippen molar-refractivity contribution in [3.05, 3.63) is 42.5 Å². The molecule has 0 N–H and O–H groups in total. The zero-order valence-corrected chi connectivity index (χ0v) is 9.61. The first-order valence-corrected chi connectivity index (χ1v) is 5.38. The molecule has 18 heavy (non-hydrogen) atoms. The number of nitrogens with zero attached hydrogens (tertiary/aromatic N) is 2. The Morgan fingerprint density at radius 1 is 1.33 bits per heavy atom. The van der Waals surface area contributed by atoms with Gasteiger partial charge in [0.2, 0.25) is 0 Å². The first-order chi connectivity index (χ1) is 8.49. The van der Waals surface area contributed by atoms with E-state index in [2.05, 4.69) is 9.72 Å². The second kappa shape index (κ2) is 4.72. The SMILES string of the molecule is CCc1nccn1-c1cccc(OC(F)(F)F)c1. The summed E-state index contributed by atoms with van der Waals surface area (Å²) in [6.45, 7) is 1.93. The molecular weight excluding hydrogens is 245 g/mol. The maximum absolute atomic E-state index is 12.1. The molecule has 0 atom stereocenters. The van der Waals surface area contributed by atoms with E-state index in [1.807, 2.05) is 6.92 Å². The van der Waals surface area contributed by atoms with Gasteiger partial charge in [0.1, 0.15) is 11.6 Å². The normalized spacial score (nSPS) is 11.6. The highest BCUT2D eigenvalue weighted by molar-refractivity contribution is 5.40. The van der Waals surface area contributed by atoms with Crippen LogP contribution in [0.25, 0.3) is 5.69 Å². The Labute approximate surface area is 102 Å². The minimum Gasteiger partial charge on any atom is -0.406 e. The molecule has 6 heteroatoms. The molecule has 96 valence electrons. The van der Waals surface area contributed by atoms with Crippen molar-refractivity contribution in [2.45, 2.75) is 19.7 Å². The Morgan fingerprint density at radius 3 is 2.78 bits per heavy atom. The second-order valence-corrected chi connectivity index (χ2v) is 3.61. The van der Waals surface area contributed by atoms with Crippen LogP contribution in [-0.4, -0.2) is 15.9 Å². The summed E-state index contributed by atoms with van der Waals surface area (Å²) < 4.78 is 42.0. The summed E-state index contributed by atoms with van der Waals surface area (Å²) in [6, 6.07) is 5.80. The van der Waals surface area contributed by atoms with Crippen LogP contribution in [0.5, 0.6) is 5.75 Å². The molecule has 1 heterocycles. The van der Waals surface area contributed by atoms with E-state index in [4.69, 9.17) is 0 Å². The van der Waals surface area contributed by atoms with Crippen LogP contribution < -0.4 is 4.74 Å². The van der Waals surface area contributed by atoms with E-state index in [9.17, 15) is 13.2 Å². The highest BCUT2D eigenvalue weighted by atomic mass is 19.4. The van der Waals surface area contributed by atoms with Gasteiger partial charge in [-0.05, 0) is 12.1 Å². The van der Waals surface area contributed by atoms with Gasteiger partial charge in [0.15, 0.2) is 0 Å². The van der Waals surface area contributed by atoms with Gasteiger partial charge in [0, 0.05) is 24.9 Å². The Morgan fingerprint density at radius 2 is 2.11 bits per heavy atom. The number of rotatable bonds is 3. The summed E-state index contributed by atoms with van der Waals surface area (Å²) in [4.78, 5) is 4.12. The fourth-order valence-electron chi connectivity index (χ4n) is 1.66. The average Bonchev–Trinajstić information content (AvgIpc) is 2.75. The van der Waals surface area contributed by atoms with E-state index in [0.717, 1.165) is 5.82 Å². The minimum absolute atomic E-state index is 0.240. The Balaban J connectivity index is 2.33. The van der Waals surface area contributed by atoms with Crippen molar-refractivity contribution < 1.29 is 17.9 Å². The number of hydrogen-bond acceptors (Lipinski definition) is 2. The lowest BCUT2D eigenvalue weighted by atomic mass is 10.3. The van der Waals surface area contributed by atoms with Gasteiger partial charge in [0.05, 0.1) is 5.69 Å². The summed E-state index contributed by atoms with van der Waals surface area (Å²) in [6.07, 6.45) is -0.680. The van der Waals surface area contributed by atoms with Gasteiger partial charge in [-0.15, -0.1) is 13.2 Å². The molecule has 1 aromatic carbocycles. The van der Waals surface area contributed by atoms with Crippen molar-refractivity contribution in [3.8, 4) is 11.4 Å². The molecule has 0 aliphatic carbocycles. The standard InChI is InChI=1S/C12H11F3N2O/c1-2-11-16-6-7-17(11)9-4-3-5-10(8-9)18-12(13,14)15/h3-8H,2H2,1H3. The monoisotopic (exact) mass is 256 g/mol. The van der Waals surface area contributed by atoms with E-state index in [1.165, 1.54) is 18.2 Å². The molecule has 2 aromatic rings. The van der Waals surface area contributed by atoms with Crippen LogP contribution in [0.15, 0.2) is 36.7 Å². The summed E-state index contributed by atoms with van der Waals surface area (Å²) in [5, 5.41) is 0. The molecule has 3 nitrogen and oxygen atoms in total. The number of alkyl halides is 3. The van der Waals surface area contributed by atoms with Crippen LogP contribution in [0.1, 0.15) is 12.7 Å². The molecule has 0 saturated carbocycles. The maximum Gasteiger partial charge on any atom is 0.573 e. The lowest BCUT2D eigenvalue weighted by Gasteiger charge is -2.11. The molecule has 0 aliphatic heterocycles. The van der Waals surface area contributed by atoms with Crippen LogP contribution in [0, 0.1) is 0 Å². The highest BCUT2D eigenvalue weighted by Gasteiger charge is 2.31. The highest BCUT2D eigenvalue weighted by Crippen LogP contribution is 2.25. The van der Waals surface area contributed by atoms with E-state index in [1.54, 1.807) is 23.0 Å². The minimum atomic E-state index is -4.68. The zero-order valence-electron chi connectivity index (χ0n) is 9.61. The molecule has 0 radical (unpaired) electrons. The Kier molecular flexibility index (Phi) is 3.27. The summed E-state index contributed by atoms with van der Waals surface area (Å²) >= 11 is 0. The summed E-state index contributed by atoms with van der Waals surface area (Å²) in [5.74, 6) is 0.537. The van der Waals surface area contributed by atoms with Crippen LogP contribution >= 0.6 is 0 Å². The van der Waals surface area contributed by atoms with Gasteiger partial charge in [-0.3, -0.25) is 0 Å². The molecule has 2 rings (SSSR count). The molecule has 0 fully saturated rings. The Hall–Kier alpha value is -1.98. The van der Waals surface area contributed by atoms with E-state index in [0.29, 0.717) is 12.1 Å². The number of ether oxygens (including phenoxy) is 1. The molecule has 1 aromatic heterocycles. The third kappa shape index (κ3) is 2.82. The third-order valence-electron chi connectivity index (χ3n) is 2.36. The van der Waals surface area contributed by atoms with Gasteiger partial charge in [-0.2, -0.15) is 0 Å². The topological polar surface area (TPSA) is 27.1 Å². The van der Waals surface area contributed by atoms with Crippen LogP contribution in [-0.2, 0) is 6.42 Å². The summed E-state index contributed by atoms with van der Waals surface area (Å²) in [5.41, 5.74) is 0.589. The van der Waals surface area contributed by atoms with Crippen molar-refractivity contribution in [1.82, 2.24) is 9.55 Å². The van der Waals surface area contributed by atoms with Crippen molar-refractivity contribution in [1.29, 1.82) is 0 Å². The number of aromatic nitrogens is 2. The first-order valence-electron chi connectivity index (χ1n) is 5.38. The zero-order chi connectivity index (χ0) is 13.2. The Bertz CT molecular complexity index is 534. The molecule has 0 spiro atoms. The van der Waals surface area contributed by atoms with Gasteiger partial charge < -0.3 is 9.30 Å². The predicted molar refractivity (Wildman–Crippen MR) is 59.6 cm³/mol. The average molecular weight is 256 g/mol. The number of halogens is 3. The van der Waals surface area contributed by atoms with Crippen molar-refractivity contribution in [2.24, 2.45) is 0 Å². The number of aryl methyl sites for hydroxylation is 1. The molecule has 0 aliphatic rings. The van der Waals surface area contributed by atoms with Crippen LogP contribution in [0.3, 0.4) is 0 Å². The number of benzene rings is 1. The lowest BCUT2D eigenvalue weighted by molar-refractivity contribution is -0.274. The molecule has 0 saturated heterocycles. The third-order valence-corrected chi connectivity index (χ3v) is 2.36. The predicted octanol–water partition coefficient (Wildman–Crippen LogP) is 3.33. The molecule has 0 unspecified atom stereocenters.